The summed E-state index contributed by atoms with van der Waals surface area (Å²) < 4.78 is 0. The minimum absolute atomic E-state index is 0.0121. The maximum Gasteiger partial charge on any atom is 0.326 e. The van der Waals surface area contributed by atoms with Crippen molar-refractivity contribution in [3.8, 4) is 5.75 Å². The van der Waals surface area contributed by atoms with E-state index in [1.807, 2.05) is 0 Å². The van der Waals surface area contributed by atoms with E-state index in [0.717, 1.165) is 6.42 Å². The monoisotopic (exact) mass is 493 g/mol. The van der Waals surface area contributed by atoms with E-state index in [9.17, 15) is 39.3 Å². The minimum Gasteiger partial charge on any atom is -0.508 e. The van der Waals surface area contributed by atoms with Crippen molar-refractivity contribution in [1.29, 1.82) is 0 Å². The van der Waals surface area contributed by atoms with Crippen LogP contribution in [0.3, 0.4) is 0 Å². The summed E-state index contributed by atoms with van der Waals surface area (Å²) in [6, 6.07) is 1.10. The molecule has 5 atom stereocenters. The van der Waals surface area contributed by atoms with Gasteiger partial charge in [-0.1, -0.05) is 12.1 Å². The quantitative estimate of drug-likeness (QED) is 0.154. The standard InChI is InChI=1S/C22H31N5O8/c1-11(28)18(21(33)26-16(22(34)35)10-17(23)30)27-20(32)15(9-12-4-6-13(29)7-5-12)25-19(31)14-3-2-8-24-14/h4-7,11,14-16,18,24,28-29H,2-3,8-10H2,1H3,(H2,23,30)(H,25,31)(H,26,33)(H,27,32)(H,34,35). The number of aliphatic hydroxyl groups excluding tert-OH is 1. The topological polar surface area (TPSA) is 220 Å². The van der Waals surface area contributed by atoms with Crippen LogP contribution >= 0.6 is 0 Å². The molecule has 1 aliphatic heterocycles. The molecule has 0 radical (unpaired) electrons. The highest BCUT2D eigenvalue weighted by Gasteiger charge is 2.34. The number of rotatable bonds is 12. The van der Waals surface area contributed by atoms with Gasteiger partial charge in [-0.05, 0) is 44.0 Å². The third-order valence-electron chi connectivity index (χ3n) is 5.47. The van der Waals surface area contributed by atoms with Crippen molar-refractivity contribution in [3.63, 3.8) is 0 Å². The van der Waals surface area contributed by atoms with Crippen molar-refractivity contribution in [3.05, 3.63) is 29.8 Å². The van der Waals surface area contributed by atoms with E-state index in [1.54, 1.807) is 12.1 Å². The number of primary amides is 1. The fraction of sp³-hybridized carbons (Fsp3) is 0.500. The number of nitrogens with two attached hydrogens (primary N) is 1. The molecule has 35 heavy (non-hydrogen) atoms. The van der Waals surface area contributed by atoms with Crippen LogP contribution in [0.4, 0.5) is 0 Å². The highest BCUT2D eigenvalue weighted by atomic mass is 16.4. The second kappa shape index (κ2) is 12.7. The van der Waals surface area contributed by atoms with Crippen molar-refractivity contribution in [1.82, 2.24) is 21.3 Å². The van der Waals surface area contributed by atoms with Crippen LogP contribution in [0, 0.1) is 0 Å². The number of benzene rings is 1. The fourth-order valence-corrected chi connectivity index (χ4v) is 3.58. The van der Waals surface area contributed by atoms with Gasteiger partial charge in [-0.15, -0.1) is 0 Å². The second-order valence-electron chi connectivity index (χ2n) is 8.38. The van der Waals surface area contributed by atoms with E-state index in [0.29, 0.717) is 18.5 Å². The smallest absolute Gasteiger partial charge is 0.326 e. The average Bonchev–Trinajstić information content (AvgIpc) is 3.32. The molecule has 1 aromatic carbocycles. The van der Waals surface area contributed by atoms with Crippen LogP contribution in [0.5, 0.6) is 5.75 Å². The first-order valence-electron chi connectivity index (χ1n) is 11.1. The number of aromatic hydroxyl groups is 1. The fourth-order valence-electron chi connectivity index (χ4n) is 3.58. The summed E-state index contributed by atoms with van der Waals surface area (Å²) in [6.45, 7) is 1.87. The third kappa shape index (κ3) is 8.54. The first-order chi connectivity index (χ1) is 16.5. The van der Waals surface area contributed by atoms with Crippen LogP contribution in [0.2, 0.25) is 0 Å². The maximum atomic E-state index is 13.1. The van der Waals surface area contributed by atoms with E-state index < -0.39 is 66.3 Å². The number of aliphatic carboxylic acids is 1. The second-order valence-corrected chi connectivity index (χ2v) is 8.38. The number of amides is 4. The largest absolute Gasteiger partial charge is 0.508 e. The Morgan fingerprint density at radius 1 is 1.06 bits per heavy atom. The SMILES string of the molecule is CC(O)C(NC(=O)C(Cc1ccc(O)cc1)NC(=O)C1CCCN1)C(=O)NC(CC(N)=O)C(=O)O. The van der Waals surface area contributed by atoms with E-state index in [-0.39, 0.29) is 12.2 Å². The van der Waals surface area contributed by atoms with Gasteiger partial charge < -0.3 is 42.3 Å². The number of phenolic OH excluding ortho intramolecular Hbond substituents is 1. The molecule has 2 rings (SSSR count). The molecule has 0 spiro atoms. The van der Waals surface area contributed by atoms with E-state index in [1.165, 1.54) is 19.1 Å². The number of nitrogens with one attached hydrogen (secondary N) is 4. The van der Waals surface area contributed by atoms with E-state index >= 15 is 0 Å². The molecule has 1 fully saturated rings. The normalized spacial score (nSPS) is 18.5. The molecule has 1 aromatic rings. The zero-order chi connectivity index (χ0) is 26.1. The number of carboxylic acids is 1. The predicted molar refractivity (Wildman–Crippen MR) is 122 cm³/mol. The highest BCUT2D eigenvalue weighted by Crippen LogP contribution is 2.13. The van der Waals surface area contributed by atoms with Crippen LogP contribution in [0.25, 0.3) is 0 Å². The Morgan fingerprint density at radius 3 is 2.23 bits per heavy atom. The van der Waals surface area contributed by atoms with Gasteiger partial charge in [0.25, 0.3) is 0 Å². The number of carboxylic acid groups (broad SMARTS) is 1. The van der Waals surface area contributed by atoms with Crippen molar-refractivity contribution in [2.75, 3.05) is 6.54 Å². The lowest BCUT2D eigenvalue weighted by Gasteiger charge is -2.26. The van der Waals surface area contributed by atoms with Crippen LogP contribution in [-0.4, -0.2) is 81.7 Å². The van der Waals surface area contributed by atoms with Crippen molar-refractivity contribution in [2.24, 2.45) is 5.73 Å². The van der Waals surface area contributed by atoms with Gasteiger partial charge in [0.05, 0.1) is 18.6 Å². The summed E-state index contributed by atoms with van der Waals surface area (Å²) in [5.74, 6) is -4.72. The number of carbonyl (C=O) groups excluding carboxylic acids is 4. The molecule has 1 heterocycles. The minimum atomic E-state index is -1.65. The molecule has 5 unspecified atom stereocenters. The summed E-state index contributed by atoms with van der Waals surface area (Å²) in [7, 11) is 0. The predicted octanol–water partition coefficient (Wildman–Crippen LogP) is -2.52. The average molecular weight is 494 g/mol. The summed E-state index contributed by atoms with van der Waals surface area (Å²) in [5.41, 5.74) is 5.61. The van der Waals surface area contributed by atoms with Crippen LogP contribution in [-0.2, 0) is 30.4 Å². The molecule has 192 valence electrons. The molecule has 0 bridgehead atoms. The zero-order valence-corrected chi connectivity index (χ0v) is 19.2. The van der Waals surface area contributed by atoms with Gasteiger partial charge in [-0.25, -0.2) is 4.79 Å². The number of phenols is 1. The van der Waals surface area contributed by atoms with E-state index in [4.69, 9.17) is 5.73 Å². The Kier molecular flexibility index (Phi) is 9.97. The summed E-state index contributed by atoms with van der Waals surface area (Å²) in [5, 5.41) is 38.9. The molecule has 1 aliphatic rings. The molecule has 13 nitrogen and oxygen atoms in total. The molecule has 0 saturated carbocycles. The Hall–Kier alpha value is -3.71. The van der Waals surface area contributed by atoms with Crippen LogP contribution < -0.4 is 27.0 Å². The van der Waals surface area contributed by atoms with Gasteiger partial charge in [-0.2, -0.15) is 0 Å². The van der Waals surface area contributed by atoms with Gasteiger partial charge >= 0.3 is 5.97 Å². The van der Waals surface area contributed by atoms with E-state index in [2.05, 4.69) is 21.3 Å². The Labute approximate surface area is 201 Å². The molecule has 0 aromatic heterocycles. The van der Waals surface area contributed by atoms with Gasteiger partial charge in [-0.3, -0.25) is 19.2 Å². The summed E-state index contributed by atoms with van der Waals surface area (Å²) in [4.78, 5) is 60.8. The Balaban J connectivity index is 2.18. The third-order valence-corrected chi connectivity index (χ3v) is 5.47. The van der Waals surface area contributed by atoms with Crippen molar-refractivity contribution >= 4 is 29.6 Å². The van der Waals surface area contributed by atoms with Crippen LogP contribution in [0.1, 0.15) is 31.7 Å². The lowest BCUT2D eigenvalue weighted by Crippen LogP contribution is -2.60. The van der Waals surface area contributed by atoms with Gasteiger partial charge in [0.1, 0.15) is 23.9 Å². The Morgan fingerprint density at radius 2 is 1.71 bits per heavy atom. The summed E-state index contributed by atoms with van der Waals surface area (Å²) in [6.07, 6.45) is -0.724. The number of hydrogen-bond donors (Lipinski definition) is 8. The molecule has 13 heteroatoms. The first-order valence-corrected chi connectivity index (χ1v) is 11.1. The summed E-state index contributed by atoms with van der Waals surface area (Å²) >= 11 is 0. The van der Waals surface area contributed by atoms with Crippen molar-refractivity contribution < 1.29 is 39.3 Å². The number of aliphatic hydroxyl groups is 1. The molecule has 1 saturated heterocycles. The number of hydrogen-bond acceptors (Lipinski definition) is 8. The zero-order valence-electron chi connectivity index (χ0n) is 19.2. The maximum absolute atomic E-state index is 13.1. The Bertz CT molecular complexity index is 930. The van der Waals surface area contributed by atoms with Gasteiger partial charge in [0.2, 0.25) is 23.6 Å². The van der Waals surface area contributed by atoms with Crippen LogP contribution in [0.15, 0.2) is 24.3 Å². The number of carbonyl (C=O) groups is 5. The molecule has 4 amide bonds. The van der Waals surface area contributed by atoms with Gasteiger partial charge in [0.15, 0.2) is 0 Å². The molecule has 0 aliphatic carbocycles. The lowest BCUT2D eigenvalue weighted by atomic mass is 10.0. The van der Waals surface area contributed by atoms with Gasteiger partial charge in [0, 0.05) is 6.42 Å². The van der Waals surface area contributed by atoms with Crippen molar-refractivity contribution in [2.45, 2.75) is 62.9 Å². The highest BCUT2D eigenvalue weighted by molar-refractivity contribution is 5.95. The first kappa shape index (κ1) is 27.5. The molecular formula is C22H31N5O8. The molecule has 9 N–H and O–H groups in total. The lowest BCUT2D eigenvalue weighted by molar-refractivity contribution is -0.144. The molecular weight excluding hydrogens is 462 g/mol.